The molecule has 49 heavy (non-hydrogen) atoms. The maximum absolute atomic E-state index is 14.2. The first-order valence-corrected chi connectivity index (χ1v) is 15.5. The van der Waals surface area contributed by atoms with Crippen molar-refractivity contribution in [3.8, 4) is 11.5 Å². The highest BCUT2D eigenvalue weighted by atomic mass is 19.4. The molecule has 1 amide bonds. The standard InChI is InChI=1S/C35H39F4N3O7/c1-33(2,3)49-29(44)13-14-34(32(45)42-40-21-22-17-25(35(37,38)39)20-26(36)18-22)30(24-7-5-8-28(19-24)46-4)48-31(41-34)23-9-11-27(12-10-23)47-16-6-15-43/h5,7-12,17-20,30,40,43H,6,13-16,21H2,1-4H3,(H,42,45)/t30-,34-/m0/s1. The van der Waals surface area contributed by atoms with Crippen molar-refractivity contribution in [3.05, 3.63) is 94.8 Å². The van der Waals surface area contributed by atoms with Crippen LogP contribution >= 0.6 is 0 Å². The van der Waals surface area contributed by atoms with Gasteiger partial charge >= 0.3 is 12.1 Å². The lowest BCUT2D eigenvalue weighted by Gasteiger charge is -2.31. The molecule has 3 aromatic rings. The summed E-state index contributed by atoms with van der Waals surface area (Å²) in [5, 5.41) is 9.03. The van der Waals surface area contributed by atoms with Crippen molar-refractivity contribution in [2.75, 3.05) is 20.3 Å². The third-order valence-electron chi connectivity index (χ3n) is 7.34. The molecule has 3 N–H and O–H groups in total. The smallest absolute Gasteiger partial charge is 0.416 e. The topological polar surface area (TPSA) is 128 Å². The summed E-state index contributed by atoms with van der Waals surface area (Å²) in [5.41, 5.74) is 2.20. The van der Waals surface area contributed by atoms with Gasteiger partial charge in [0.15, 0.2) is 11.6 Å². The minimum Gasteiger partial charge on any atom is -0.497 e. The monoisotopic (exact) mass is 689 g/mol. The molecule has 0 saturated carbocycles. The lowest BCUT2D eigenvalue weighted by Crippen LogP contribution is -2.52. The Morgan fingerprint density at radius 2 is 1.76 bits per heavy atom. The van der Waals surface area contributed by atoms with Crippen LogP contribution in [0.4, 0.5) is 17.6 Å². The summed E-state index contributed by atoms with van der Waals surface area (Å²) in [4.78, 5) is 31.9. The number of alkyl halides is 3. The van der Waals surface area contributed by atoms with Gasteiger partial charge in [-0.15, -0.1) is 0 Å². The van der Waals surface area contributed by atoms with E-state index < -0.39 is 46.7 Å². The Labute approximate surface area is 281 Å². The fraction of sp³-hybridized carbons (Fsp3) is 0.400. The van der Waals surface area contributed by atoms with E-state index >= 15 is 0 Å². The van der Waals surface area contributed by atoms with Crippen molar-refractivity contribution in [2.45, 2.75) is 70.0 Å². The molecule has 0 saturated heterocycles. The Morgan fingerprint density at radius 3 is 2.41 bits per heavy atom. The Bertz CT molecular complexity index is 1640. The van der Waals surface area contributed by atoms with E-state index in [0.29, 0.717) is 41.7 Å². The van der Waals surface area contributed by atoms with Gasteiger partial charge in [-0.05, 0) is 92.9 Å². The number of methoxy groups -OCH3 is 1. The minimum atomic E-state index is -4.77. The number of nitrogens with one attached hydrogen (secondary N) is 2. The molecule has 264 valence electrons. The highest BCUT2D eigenvalue weighted by Gasteiger charge is 2.53. The number of amides is 1. The summed E-state index contributed by atoms with van der Waals surface area (Å²) in [7, 11) is 1.48. The third-order valence-corrected chi connectivity index (χ3v) is 7.34. The van der Waals surface area contributed by atoms with E-state index in [-0.39, 0.29) is 37.5 Å². The van der Waals surface area contributed by atoms with Gasteiger partial charge in [-0.1, -0.05) is 12.1 Å². The van der Waals surface area contributed by atoms with E-state index in [0.717, 1.165) is 12.1 Å². The first-order chi connectivity index (χ1) is 23.1. The third kappa shape index (κ3) is 9.92. The molecule has 0 radical (unpaired) electrons. The van der Waals surface area contributed by atoms with Gasteiger partial charge in [0.2, 0.25) is 5.90 Å². The number of hydrogen-bond acceptors (Lipinski definition) is 9. The van der Waals surface area contributed by atoms with E-state index in [9.17, 15) is 27.2 Å². The van der Waals surface area contributed by atoms with E-state index in [1.807, 2.05) is 0 Å². The maximum atomic E-state index is 14.2. The molecule has 10 nitrogen and oxygen atoms in total. The Morgan fingerprint density at radius 1 is 1.02 bits per heavy atom. The number of benzene rings is 3. The molecular formula is C35H39F4N3O7. The van der Waals surface area contributed by atoms with Crippen LogP contribution in [0.15, 0.2) is 71.7 Å². The Balaban J connectivity index is 1.71. The van der Waals surface area contributed by atoms with Gasteiger partial charge in [0, 0.05) is 31.6 Å². The molecule has 4 rings (SSSR count). The molecule has 1 aliphatic rings. The van der Waals surface area contributed by atoms with Crippen LogP contribution < -0.4 is 20.3 Å². The number of nitrogens with zero attached hydrogens (tertiary/aromatic N) is 1. The zero-order valence-corrected chi connectivity index (χ0v) is 27.5. The fourth-order valence-corrected chi connectivity index (χ4v) is 5.11. The van der Waals surface area contributed by atoms with Gasteiger partial charge in [-0.25, -0.2) is 14.8 Å². The number of aliphatic imine (C=N–C) groups is 1. The summed E-state index contributed by atoms with van der Waals surface area (Å²) >= 11 is 0. The number of aliphatic hydroxyl groups is 1. The van der Waals surface area contributed by atoms with Gasteiger partial charge in [-0.3, -0.25) is 15.0 Å². The van der Waals surface area contributed by atoms with Crippen molar-refractivity contribution in [1.82, 2.24) is 10.9 Å². The molecule has 0 fully saturated rings. The highest BCUT2D eigenvalue weighted by molar-refractivity contribution is 6.01. The highest BCUT2D eigenvalue weighted by Crippen LogP contribution is 2.44. The van der Waals surface area contributed by atoms with Crippen LogP contribution in [0.5, 0.6) is 11.5 Å². The number of hydrazine groups is 1. The quantitative estimate of drug-likeness (QED) is 0.0838. The second kappa shape index (κ2) is 15.7. The van der Waals surface area contributed by atoms with Crippen molar-refractivity contribution >= 4 is 17.8 Å². The van der Waals surface area contributed by atoms with E-state index in [1.165, 1.54) is 7.11 Å². The predicted molar refractivity (Wildman–Crippen MR) is 171 cm³/mol. The van der Waals surface area contributed by atoms with Crippen LogP contribution in [0.3, 0.4) is 0 Å². The summed E-state index contributed by atoms with van der Waals surface area (Å²) in [6, 6.07) is 15.5. The van der Waals surface area contributed by atoms with Crippen LogP contribution in [0, 0.1) is 5.82 Å². The largest absolute Gasteiger partial charge is 0.497 e. The number of hydrogen-bond donors (Lipinski definition) is 3. The van der Waals surface area contributed by atoms with Crippen LogP contribution in [0.2, 0.25) is 0 Å². The lowest BCUT2D eigenvalue weighted by molar-refractivity contribution is -0.155. The molecule has 0 bridgehead atoms. The summed E-state index contributed by atoms with van der Waals surface area (Å²) in [5.74, 6) is -1.38. The number of ether oxygens (including phenoxy) is 4. The van der Waals surface area contributed by atoms with Gasteiger partial charge in [-0.2, -0.15) is 13.2 Å². The maximum Gasteiger partial charge on any atom is 0.416 e. The summed E-state index contributed by atoms with van der Waals surface area (Å²) in [6.07, 6.45) is -5.87. The van der Waals surface area contributed by atoms with Crippen LogP contribution in [0.25, 0.3) is 0 Å². The van der Waals surface area contributed by atoms with Crippen molar-refractivity contribution in [3.63, 3.8) is 0 Å². The van der Waals surface area contributed by atoms with Gasteiger partial charge in [0.1, 0.15) is 22.9 Å². The number of esters is 1. The Hall–Kier alpha value is -4.69. The predicted octanol–water partition coefficient (Wildman–Crippen LogP) is 5.81. The number of rotatable bonds is 14. The van der Waals surface area contributed by atoms with Crippen molar-refractivity contribution in [2.24, 2.45) is 4.99 Å². The van der Waals surface area contributed by atoms with Gasteiger partial charge in [0.25, 0.3) is 5.91 Å². The molecule has 3 aromatic carbocycles. The second-order valence-corrected chi connectivity index (χ2v) is 12.3. The number of carbonyl (C=O) groups excluding carboxylic acids is 2. The molecule has 0 aromatic heterocycles. The molecule has 2 atom stereocenters. The summed E-state index contributed by atoms with van der Waals surface area (Å²) in [6.45, 7) is 5.04. The molecule has 1 aliphatic heterocycles. The SMILES string of the molecule is COc1cccc([C@@H]2OC(c3ccc(OCCCO)cc3)=N[C@]2(CCC(=O)OC(C)(C)C)C(=O)NNCc2cc(F)cc(C(F)(F)F)c2)c1. The van der Waals surface area contributed by atoms with Gasteiger partial charge < -0.3 is 24.1 Å². The van der Waals surface area contributed by atoms with Gasteiger partial charge in [0.05, 0.1) is 19.3 Å². The molecule has 0 spiro atoms. The lowest BCUT2D eigenvalue weighted by atomic mass is 9.83. The van der Waals surface area contributed by atoms with E-state index in [4.69, 9.17) is 29.0 Å². The van der Waals surface area contributed by atoms with E-state index in [1.54, 1.807) is 69.3 Å². The molecule has 1 heterocycles. The zero-order chi connectivity index (χ0) is 35.8. The summed E-state index contributed by atoms with van der Waals surface area (Å²) < 4.78 is 76.8. The fourth-order valence-electron chi connectivity index (χ4n) is 5.11. The first-order valence-electron chi connectivity index (χ1n) is 15.5. The number of halogens is 4. The van der Waals surface area contributed by atoms with Crippen LogP contribution in [-0.2, 0) is 31.8 Å². The van der Waals surface area contributed by atoms with Crippen LogP contribution in [-0.4, -0.2) is 54.3 Å². The normalized spacial score (nSPS) is 17.6. The molecule has 0 aliphatic carbocycles. The molecule has 0 unspecified atom stereocenters. The molecular weight excluding hydrogens is 650 g/mol. The Kier molecular flexibility index (Phi) is 11.9. The van der Waals surface area contributed by atoms with Crippen molar-refractivity contribution < 1.29 is 51.2 Å². The van der Waals surface area contributed by atoms with Crippen molar-refractivity contribution in [1.29, 1.82) is 0 Å². The van der Waals surface area contributed by atoms with Crippen LogP contribution in [0.1, 0.15) is 68.4 Å². The first kappa shape index (κ1) is 37.1. The average molecular weight is 690 g/mol. The number of carbonyl (C=O) groups is 2. The second-order valence-electron chi connectivity index (χ2n) is 12.3. The van der Waals surface area contributed by atoms with E-state index in [2.05, 4.69) is 10.9 Å². The minimum absolute atomic E-state index is 0.0203. The zero-order valence-electron chi connectivity index (χ0n) is 27.5. The number of aliphatic hydroxyl groups excluding tert-OH is 1. The average Bonchev–Trinajstić information content (AvgIpc) is 3.44. The molecule has 14 heteroatoms.